The van der Waals surface area contributed by atoms with Crippen molar-refractivity contribution in [3.05, 3.63) is 23.0 Å². The molecular weight excluding hydrogens is 240 g/mol. The average Bonchev–Trinajstić information content (AvgIpc) is 2.73. The van der Waals surface area contributed by atoms with Crippen molar-refractivity contribution in [2.24, 2.45) is 0 Å². The van der Waals surface area contributed by atoms with Crippen molar-refractivity contribution in [3.63, 3.8) is 0 Å². The lowest BCUT2D eigenvalue weighted by Gasteiger charge is -2.05. The Morgan fingerprint density at radius 3 is 3.06 bits per heavy atom. The van der Waals surface area contributed by atoms with E-state index in [4.69, 9.17) is 9.47 Å². The number of imidazole rings is 1. The van der Waals surface area contributed by atoms with Crippen LogP contribution in [-0.4, -0.2) is 38.7 Å². The summed E-state index contributed by atoms with van der Waals surface area (Å²) in [6.07, 6.45) is 2.77. The van der Waals surface area contributed by atoms with Gasteiger partial charge in [0.05, 0.1) is 19.3 Å². The first-order valence-electron chi connectivity index (χ1n) is 5.28. The molecule has 2 rings (SSSR count). The number of aromatic amines is 1. The van der Waals surface area contributed by atoms with Gasteiger partial charge in [-0.25, -0.2) is 9.97 Å². The van der Waals surface area contributed by atoms with Crippen LogP contribution < -0.4 is 5.56 Å². The fraction of sp³-hybridized carbons (Fsp3) is 0.400. The van der Waals surface area contributed by atoms with Gasteiger partial charge in [-0.15, -0.1) is 0 Å². The topological polar surface area (TPSA) is 99.1 Å². The van der Waals surface area contributed by atoms with Crippen LogP contribution in [0.4, 0.5) is 0 Å². The van der Waals surface area contributed by atoms with Crippen molar-refractivity contribution in [2.45, 2.75) is 13.7 Å². The third-order valence-corrected chi connectivity index (χ3v) is 2.18. The summed E-state index contributed by atoms with van der Waals surface area (Å²) in [6.45, 7) is 1.90. The van der Waals surface area contributed by atoms with Crippen LogP contribution in [0, 0.1) is 0 Å². The fourth-order valence-electron chi connectivity index (χ4n) is 1.42. The SMILES string of the molecule is CC(=O)OCCOCn1cnc2nc[nH]c(=O)c21. The quantitative estimate of drug-likeness (QED) is 0.577. The normalized spacial score (nSPS) is 10.7. The number of H-pyrrole nitrogens is 1. The predicted octanol–water partition coefficient (Wildman–Crippen LogP) is -0.343. The van der Waals surface area contributed by atoms with Crippen LogP contribution in [0.25, 0.3) is 11.2 Å². The summed E-state index contributed by atoms with van der Waals surface area (Å²) < 4.78 is 11.5. The van der Waals surface area contributed by atoms with Gasteiger partial charge in [0.1, 0.15) is 13.3 Å². The predicted molar refractivity (Wildman–Crippen MR) is 60.7 cm³/mol. The number of hydrogen-bond acceptors (Lipinski definition) is 6. The van der Waals surface area contributed by atoms with E-state index in [9.17, 15) is 9.59 Å². The van der Waals surface area contributed by atoms with Gasteiger partial charge in [-0.05, 0) is 0 Å². The Bertz CT molecular complexity index is 603. The summed E-state index contributed by atoms with van der Waals surface area (Å²) in [7, 11) is 0. The molecule has 2 aromatic rings. The summed E-state index contributed by atoms with van der Waals surface area (Å²) in [5.41, 5.74) is 0.438. The molecule has 2 heterocycles. The van der Waals surface area contributed by atoms with Gasteiger partial charge >= 0.3 is 5.97 Å². The number of esters is 1. The molecule has 0 aliphatic heterocycles. The number of carbonyl (C=O) groups is 1. The monoisotopic (exact) mass is 252 g/mol. The fourth-order valence-corrected chi connectivity index (χ4v) is 1.42. The lowest BCUT2D eigenvalue weighted by molar-refractivity contribution is -0.142. The maximum Gasteiger partial charge on any atom is 0.302 e. The van der Waals surface area contributed by atoms with E-state index in [2.05, 4.69) is 15.0 Å². The number of hydrogen-bond donors (Lipinski definition) is 1. The number of nitrogens with zero attached hydrogens (tertiary/aromatic N) is 3. The molecule has 1 N–H and O–H groups in total. The Kier molecular flexibility index (Phi) is 3.68. The second-order valence-corrected chi connectivity index (χ2v) is 3.50. The highest BCUT2D eigenvalue weighted by Crippen LogP contribution is 2.03. The van der Waals surface area contributed by atoms with Crippen LogP contribution in [0.15, 0.2) is 17.4 Å². The van der Waals surface area contributed by atoms with Crippen LogP contribution in [0.1, 0.15) is 6.92 Å². The molecule has 2 aromatic heterocycles. The van der Waals surface area contributed by atoms with Crippen LogP contribution in [0.2, 0.25) is 0 Å². The van der Waals surface area contributed by atoms with Crippen molar-refractivity contribution in [1.29, 1.82) is 0 Å². The first-order valence-corrected chi connectivity index (χ1v) is 5.28. The molecule has 8 nitrogen and oxygen atoms in total. The molecular formula is C10H12N4O4. The second kappa shape index (κ2) is 5.41. The molecule has 0 aliphatic carbocycles. The Hall–Kier alpha value is -2.22. The third kappa shape index (κ3) is 2.72. The van der Waals surface area contributed by atoms with E-state index in [0.29, 0.717) is 11.2 Å². The standard InChI is InChI=1S/C10H12N4O4/c1-7(15)18-3-2-17-6-14-5-13-9-8(14)10(16)12-4-11-9/h4-5H,2-3,6H2,1H3,(H,11,12,16). The van der Waals surface area contributed by atoms with Crippen molar-refractivity contribution in [3.8, 4) is 0 Å². The molecule has 0 saturated heterocycles. The third-order valence-electron chi connectivity index (χ3n) is 2.18. The van der Waals surface area contributed by atoms with Gasteiger partial charge in [-0.1, -0.05) is 0 Å². The van der Waals surface area contributed by atoms with Crippen LogP contribution in [0.3, 0.4) is 0 Å². The summed E-state index contributed by atoms with van der Waals surface area (Å²) >= 11 is 0. The van der Waals surface area contributed by atoms with Gasteiger partial charge in [-0.3, -0.25) is 9.59 Å². The number of carbonyl (C=O) groups excluding carboxylic acids is 1. The summed E-state index contributed by atoms with van der Waals surface area (Å²) in [6, 6.07) is 0. The molecule has 0 radical (unpaired) electrons. The van der Waals surface area contributed by atoms with Gasteiger partial charge in [0.2, 0.25) is 0 Å². The summed E-state index contributed by atoms with van der Waals surface area (Å²) in [5.74, 6) is -0.354. The number of nitrogens with one attached hydrogen (secondary N) is 1. The zero-order valence-corrected chi connectivity index (χ0v) is 9.75. The largest absolute Gasteiger partial charge is 0.463 e. The highest BCUT2D eigenvalue weighted by molar-refractivity contribution is 5.68. The molecule has 0 saturated carbocycles. The molecule has 0 spiro atoms. The number of rotatable bonds is 5. The molecule has 0 unspecified atom stereocenters. The molecule has 0 fully saturated rings. The van der Waals surface area contributed by atoms with Crippen molar-refractivity contribution >= 4 is 17.1 Å². The maximum absolute atomic E-state index is 11.6. The summed E-state index contributed by atoms with van der Waals surface area (Å²) in [5, 5.41) is 0. The highest BCUT2D eigenvalue weighted by Gasteiger charge is 2.07. The maximum atomic E-state index is 11.6. The average molecular weight is 252 g/mol. The van der Waals surface area contributed by atoms with Gasteiger partial charge in [0.15, 0.2) is 11.2 Å². The molecule has 0 aromatic carbocycles. The van der Waals surface area contributed by atoms with Gasteiger partial charge in [0, 0.05) is 6.92 Å². The zero-order chi connectivity index (χ0) is 13.0. The van der Waals surface area contributed by atoms with Crippen LogP contribution >= 0.6 is 0 Å². The lowest BCUT2D eigenvalue weighted by Crippen LogP contribution is -2.14. The minimum Gasteiger partial charge on any atom is -0.463 e. The Labute approximate surface area is 102 Å². The lowest BCUT2D eigenvalue weighted by atomic mass is 10.5. The first-order chi connectivity index (χ1) is 8.68. The van der Waals surface area contributed by atoms with E-state index in [1.54, 1.807) is 0 Å². The molecule has 0 aliphatic rings. The van der Waals surface area contributed by atoms with Gasteiger partial charge < -0.3 is 19.0 Å². The van der Waals surface area contributed by atoms with Gasteiger partial charge in [-0.2, -0.15) is 0 Å². The van der Waals surface area contributed by atoms with Gasteiger partial charge in [0.25, 0.3) is 5.56 Å². The zero-order valence-electron chi connectivity index (χ0n) is 9.75. The molecule has 0 atom stereocenters. The number of fused-ring (bicyclic) bond motifs is 1. The van der Waals surface area contributed by atoms with E-state index in [-0.39, 0.29) is 31.5 Å². The second-order valence-electron chi connectivity index (χ2n) is 3.50. The highest BCUT2D eigenvalue weighted by atomic mass is 16.6. The smallest absolute Gasteiger partial charge is 0.302 e. The van der Waals surface area contributed by atoms with Crippen molar-refractivity contribution in [1.82, 2.24) is 19.5 Å². The van der Waals surface area contributed by atoms with Crippen LogP contribution in [-0.2, 0) is 21.0 Å². The van der Waals surface area contributed by atoms with Crippen molar-refractivity contribution < 1.29 is 14.3 Å². The Balaban J connectivity index is 1.96. The molecule has 0 bridgehead atoms. The molecule has 18 heavy (non-hydrogen) atoms. The van der Waals surface area contributed by atoms with E-state index in [0.717, 1.165) is 0 Å². The van der Waals surface area contributed by atoms with Crippen molar-refractivity contribution in [2.75, 3.05) is 13.2 Å². The summed E-state index contributed by atoms with van der Waals surface area (Å²) in [4.78, 5) is 32.4. The molecule has 96 valence electrons. The van der Waals surface area contributed by atoms with E-state index in [1.165, 1.54) is 24.1 Å². The number of ether oxygens (including phenoxy) is 2. The van der Waals surface area contributed by atoms with E-state index in [1.807, 2.05) is 0 Å². The molecule has 8 heteroatoms. The van der Waals surface area contributed by atoms with E-state index < -0.39 is 0 Å². The van der Waals surface area contributed by atoms with Crippen LogP contribution in [0.5, 0.6) is 0 Å². The minimum atomic E-state index is -0.354. The molecule has 0 amide bonds. The Morgan fingerprint density at radius 1 is 1.44 bits per heavy atom. The minimum absolute atomic E-state index is 0.145. The first kappa shape index (κ1) is 12.2. The Morgan fingerprint density at radius 2 is 2.28 bits per heavy atom. The number of aromatic nitrogens is 4. The van der Waals surface area contributed by atoms with E-state index >= 15 is 0 Å².